The van der Waals surface area contributed by atoms with Crippen LogP contribution in [0, 0.1) is 5.92 Å². The Bertz CT molecular complexity index is 573. The lowest BCUT2D eigenvalue weighted by atomic mass is 10.1. The van der Waals surface area contributed by atoms with Crippen molar-refractivity contribution < 1.29 is 4.79 Å². The topological polar surface area (TPSA) is 59.8 Å². The Morgan fingerprint density at radius 1 is 1.50 bits per heavy atom. The van der Waals surface area contributed by atoms with Gasteiger partial charge in [0.25, 0.3) is 5.91 Å². The fraction of sp³-hybridized carbons (Fsp3) is 0.500. The van der Waals surface area contributed by atoms with Crippen LogP contribution in [-0.4, -0.2) is 27.2 Å². The zero-order chi connectivity index (χ0) is 14.5. The molecule has 0 aliphatic rings. The van der Waals surface area contributed by atoms with E-state index in [1.165, 1.54) is 0 Å². The summed E-state index contributed by atoms with van der Waals surface area (Å²) in [6, 6.07) is 1.95. The molecule has 0 fully saturated rings. The van der Waals surface area contributed by atoms with Gasteiger partial charge in [0.1, 0.15) is 5.69 Å². The number of aryl methyl sites for hydroxylation is 1. The van der Waals surface area contributed by atoms with E-state index in [0.29, 0.717) is 18.2 Å². The molecule has 2 heterocycles. The molecule has 0 radical (unpaired) electrons. The summed E-state index contributed by atoms with van der Waals surface area (Å²) in [5.74, 6) is 0.459. The van der Waals surface area contributed by atoms with Crippen LogP contribution in [0.3, 0.4) is 0 Å². The van der Waals surface area contributed by atoms with E-state index in [2.05, 4.69) is 29.2 Å². The number of hydrogen-bond donors (Lipinski definition) is 1. The maximum atomic E-state index is 12.0. The van der Waals surface area contributed by atoms with Crippen LogP contribution in [0.2, 0.25) is 0 Å². The van der Waals surface area contributed by atoms with E-state index in [0.717, 1.165) is 23.5 Å². The van der Waals surface area contributed by atoms with Gasteiger partial charge in [-0.3, -0.25) is 9.48 Å². The predicted octanol–water partition coefficient (Wildman–Crippen LogP) is 2.05. The van der Waals surface area contributed by atoms with Crippen molar-refractivity contribution in [1.82, 2.24) is 20.1 Å². The average molecular weight is 292 g/mol. The molecule has 2 rings (SSSR count). The van der Waals surface area contributed by atoms with Crippen molar-refractivity contribution in [3.8, 4) is 0 Å². The van der Waals surface area contributed by atoms with Crippen molar-refractivity contribution in [2.75, 3.05) is 6.54 Å². The van der Waals surface area contributed by atoms with Gasteiger partial charge in [0.05, 0.1) is 5.01 Å². The number of rotatable bonds is 6. The molecule has 6 heteroatoms. The molecule has 0 aliphatic heterocycles. The molecule has 0 spiro atoms. The molecule has 108 valence electrons. The standard InChI is InChI=1S/C14H20N4OS/c1-10(2)8-13-17-12(9-20-13)14(19)15-6-4-11-5-7-16-18(11)3/h5,7,9-10H,4,6,8H2,1-3H3,(H,15,19). The minimum atomic E-state index is -0.0987. The minimum Gasteiger partial charge on any atom is -0.350 e. The molecule has 1 N–H and O–H groups in total. The molecule has 0 saturated heterocycles. The summed E-state index contributed by atoms with van der Waals surface area (Å²) in [5.41, 5.74) is 1.62. The SMILES string of the molecule is CC(C)Cc1nc(C(=O)NCCc2ccnn2C)cs1. The van der Waals surface area contributed by atoms with Gasteiger partial charge in [0.15, 0.2) is 0 Å². The van der Waals surface area contributed by atoms with Crippen molar-refractivity contribution in [3.63, 3.8) is 0 Å². The molecule has 20 heavy (non-hydrogen) atoms. The lowest BCUT2D eigenvalue weighted by Gasteiger charge is -2.04. The third kappa shape index (κ3) is 3.90. The molecule has 0 aromatic carbocycles. The molecule has 1 amide bonds. The molecule has 0 bridgehead atoms. The summed E-state index contributed by atoms with van der Waals surface area (Å²) in [7, 11) is 1.90. The number of thiazole rings is 1. The van der Waals surface area contributed by atoms with Crippen LogP contribution in [0.1, 0.15) is 35.0 Å². The molecule has 0 saturated carbocycles. The molecule has 2 aromatic rings. The van der Waals surface area contributed by atoms with Crippen molar-refractivity contribution in [2.45, 2.75) is 26.7 Å². The highest BCUT2D eigenvalue weighted by molar-refractivity contribution is 7.09. The Morgan fingerprint density at radius 2 is 2.30 bits per heavy atom. The van der Waals surface area contributed by atoms with Crippen molar-refractivity contribution in [1.29, 1.82) is 0 Å². The maximum absolute atomic E-state index is 12.0. The highest BCUT2D eigenvalue weighted by atomic mass is 32.1. The van der Waals surface area contributed by atoms with Gasteiger partial charge in [-0.25, -0.2) is 4.98 Å². The van der Waals surface area contributed by atoms with Gasteiger partial charge in [0, 0.05) is 43.7 Å². The van der Waals surface area contributed by atoms with E-state index in [4.69, 9.17) is 0 Å². The summed E-state index contributed by atoms with van der Waals surface area (Å²) in [6.07, 6.45) is 3.45. The van der Waals surface area contributed by atoms with Crippen LogP contribution in [0.15, 0.2) is 17.6 Å². The van der Waals surface area contributed by atoms with Gasteiger partial charge < -0.3 is 5.32 Å². The van der Waals surface area contributed by atoms with Gasteiger partial charge in [-0.2, -0.15) is 5.10 Å². The minimum absolute atomic E-state index is 0.0987. The third-order valence-electron chi connectivity index (χ3n) is 2.96. The van der Waals surface area contributed by atoms with Crippen molar-refractivity contribution in [2.24, 2.45) is 13.0 Å². The van der Waals surface area contributed by atoms with Gasteiger partial charge in [0.2, 0.25) is 0 Å². The van der Waals surface area contributed by atoms with Crippen molar-refractivity contribution >= 4 is 17.2 Å². The van der Waals surface area contributed by atoms with E-state index in [1.54, 1.807) is 17.5 Å². The van der Waals surface area contributed by atoms with E-state index in [-0.39, 0.29) is 5.91 Å². The summed E-state index contributed by atoms with van der Waals surface area (Å²) in [5, 5.41) is 9.85. The molecular formula is C14H20N4OS. The van der Waals surface area contributed by atoms with Gasteiger partial charge in [-0.1, -0.05) is 13.8 Å². The lowest BCUT2D eigenvalue weighted by Crippen LogP contribution is -2.26. The molecule has 0 atom stereocenters. The lowest BCUT2D eigenvalue weighted by molar-refractivity contribution is 0.0949. The van der Waals surface area contributed by atoms with E-state index in [1.807, 2.05) is 23.2 Å². The number of hydrogen-bond acceptors (Lipinski definition) is 4. The Labute approximate surface area is 123 Å². The molecule has 5 nitrogen and oxygen atoms in total. The molecule has 0 unspecified atom stereocenters. The Balaban J connectivity index is 1.82. The number of carbonyl (C=O) groups excluding carboxylic acids is 1. The number of carbonyl (C=O) groups is 1. The average Bonchev–Trinajstić information content (AvgIpc) is 2.98. The van der Waals surface area contributed by atoms with Crippen LogP contribution < -0.4 is 5.32 Å². The first-order chi connectivity index (χ1) is 9.56. The third-order valence-corrected chi connectivity index (χ3v) is 3.83. The van der Waals surface area contributed by atoms with Gasteiger partial charge in [-0.05, 0) is 12.0 Å². The van der Waals surface area contributed by atoms with E-state index < -0.39 is 0 Å². The Kier molecular flexibility index (Phi) is 4.89. The van der Waals surface area contributed by atoms with Crippen molar-refractivity contribution in [3.05, 3.63) is 34.0 Å². The Hall–Kier alpha value is -1.69. The first-order valence-corrected chi connectivity index (χ1v) is 7.63. The summed E-state index contributed by atoms with van der Waals surface area (Å²) in [4.78, 5) is 16.3. The first kappa shape index (κ1) is 14.7. The highest BCUT2D eigenvalue weighted by Crippen LogP contribution is 2.14. The number of amides is 1. The highest BCUT2D eigenvalue weighted by Gasteiger charge is 2.11. The monoisotopic (exact) mass is 292 g/mol. The normalized spacial score (nSPS) is 11.0. The van der Waals surface area contributed by atoms with Gasteiger partial charge >= 0.3 is 0 Å². The van der Waals surface area contributed by atoms with E-state index >= 15 is 0 Å². The predicted molar refractivity (Wildman–Crippen MR) is 79.9 cm³/mol. The number of nitrogens with one attached hydrogen (secondary N) is 1. The second-order valence-electron chi connectivity index (χ2n) is 5.18. The van der Waals surface area contributed by atoms with E-state index in [9.17, 15) is 4.79 Å². The summed E-state index contributed by atoms with van der Waals surface area (Å²) in [6.45, 7) is 4.89. The molecule has 0 aliphatic carbocycles. The number of aromatic nitrogens is 3. The molecule has 2 aromatic heterocycles. The fourth-order valence-corrected chi connectivity index (χ4v) is 2.89. The zero-order valence-corrected chi connectivity index (χ0v) is 12.9. The van der Waals surface area contributed by atoms with Crippen LogP contribution in [0.4, 0.5) is 0 Å². The first-order valence-electron chi connectivity index (χ1n) is 6.75. The smallest absolute Gasteiger partial charge is 0.270 e. The quantitative estimate of drug-likeness (QED) is 0.886. The summed E-state index contributed by atoms with van der Waals surface area (Å²) < 4.78 is 1.82. The van der Waals surface area contributed by atoms with Crippen LogP contribution in [0.5, 0.6) is 0 Å². The van der Waals surface area contributed by atoms with Gasteiger partial charge in [-0.15, -0.1) is 11.3 Å². The van der Waals surface area contributed by atoms with Crippen LogP contribution in [0.25, 0.3) is 0 Å². The second-order valence-corrected chi connectivity index (χ2v) is 6.12. The maximum Gasteiger partial charge on any atom is 0.270 e. The largest absolute Gasteiger partial charge is 0.350 e. The van der Waals surface area contributed by atoms with Crippen LogP contribution >= 0.6 is 11.3 Å². The zero-order valence-electron chi connectivity index (χ0n) is 12.1. The molecular weight excluding hydrogens is 272 g/mol. The fourth-order valence-electron chi connectivity index (χ4n) is 1.90. The second kappa shape index (κ2) is 6.65. The number of nitrogens with zero attached hydrogens (tertiary/aromatic N) is 3. The van der Waals surface area contributed by atoms with Crippen LogP contribution in [-0.2, 0) is 19.9 Å². The summed E-state index contributed by atoms with van der Waals surface area (Å²) >= 11 is 1.55. The Morgan fingerprint density at radius 3 is 2.95 bits per heavy atom.